The summed E-state index contributed by atoms with van der Waals surface area (Å²) in [5.41, 5.74) is 4.02. The van der Waals surface area contributed by atoms with Gasteiger partial charge in [-0.2, -0.15) is 5.26 Å². The Balaban J connectivity index is 1.61. The number of thiophene rings is 1. The molecule has 178 valence electrons. The summed E-state index contributed by atoms with van der Waals surface area (Å²) >= 11 is 2.89. The first-order valence-electron chi connectivity index (χ1n) is 11.2. The first-order chi connectivity index (χ1) is 16.7. The zero-order valence-corrected chi connectivity index (χ0v) is 22.3. The number of nitrogens with zero attached hydrogens (tertiary/aromatic N) is 2. The molecule has 0 amide bonds. The second kappa shape index (κ2) is 10.4. The van der Waals surface area contributed by atoms with Gasteiger partial charge < -0.3 is 0 Å². The molecule has 35 heavy (non-hydrogen) atoms. The molecule has 0 saturated carbocycles. The zero-order chi connectivity index (χ0) is 25.1. The van der Waals surface area contributed by atoms with Crippen molar-refractivity contribution in [3.8, 4) is 27.8 Å². The van der Waals surface area contributed by atoms with E-state index in [4.69, 9.17) is 4.98 Å². The molecule has 0 N–H and O–H groups in total. The Kier molecular flexibility index (Phi) is 7.46. The number of aromatic nitrogens is 1. The molecule has 0 saturated heterocycles. The van der Waals surface area contributed by atoms with Crippen LogP contribution >= 0.6 is 23.1 Å². The summed E-state index contributed by atoms with van der Waals surface area (Å²) in [5, 5.41) is 12.5. The van der Waals surface area contributed by atoms with Crippen LogP contribution in [0.25, 0.3) is 21.7 Å². The molecule has 0 aliphatic carbocycles. The van der Waals surface area contributed by atoms with Crippen molar-refractivity contribution in [2.45, 2.75) is 36.1 Å². The zero-order valence-electron chi connectivity index (χ0n) is 19.9. The van der Waals surface area contributed by atoms with Crippen molar-refractivity contribution in [1.29, 1.82) is 5.26 Å². The van der Waals surface area contributed by atoms with Gasteiger partial charge in [-0.3, -0.25) is 0 Å². The average Bonchev–Trinajstić information content (AvgIpc) is 3.39. The smallest absolute Gasteiger partial charge is 0.179 e. The van der Waals surface area contributed by atoms with Gasteiger partial charge in [-0.25, -0.2) is 13.4 Å². The molecule has 0 radical (unpaired) electrons. The highest BCUT2D eigenvalue weighted by Crippen LogP contribution is 2.35. The van der Waals surface area contributed by atoms with Crippen LogP contribution in [0.1, 0.15) is 31.9 Å². The molecular weight excluding hydrogens is 493 g/mol. The molecule has 0 aliphatic rings. The number of hydrogen-bond acceptors (Lipinski definition) is 6. The molecule has 0 atom stereocenters. The minimum absolute atomic E-state index is 0.0387. The van der Waals surface area contributed by atoms with Crippen LogP contribution in [-0.2, 0) is 15.3 Å². The summed E-state index contributed by atoms with van der Waals surface area (Å²) in [7, 11) is -3.46. The van der Waals surface area contributed by atoms with E-state index in [-0.39, 0.29) is 11.2 Å². The SMILES string of the molecule is CC(C)(C)c1ccc(S(=O)(=O)CCSc2nc(-c3cccs3)cc(-c3ccccc3)c2C#N)cc1. The van der Waals surface area contributed by atoms with Gasteiger partial charge in [0, 0.05) is 11.3 Å². The molecule has 2 aromatic carbocycles. The molecule has 4 nitrogen and oxygen atoms in total. The Morgan fingerprint density at radius 2 is 1.71 bits per heavy atom. The van der Waals surface area contributed by atoms with Crippen LogP contribution in [0.4, 0.5) is 0 Å². The van der Waals surface area contributed by atoms with Gasteiger partial charge in [0.05, 0.1) is 26.8 Å². The van der Waals surface area contributed by atoms with E-state index < -0.39 is 9.84 Å². The fraction of sp³-hybridized carbons (Fsp3) is 0.214. The standard InChI is InChI=1S/C28H26N2O2S3/c1-28(2,3)21-11-13-22(14-12-21)35(31,32)17-16-34-27-24(19-29)23(20-8-5-4-6-9-20)18-25(30-27)26-10-7-15-33-26/h4-15,18H,16-17H2,1-3H3. The predicted octanol–water partition coefficient (Wildman–Crippen LogP) is 7.21. The van der Waals surface area contributed by atoms with E-state index in [2.05, 4.69) is 26.8 Å². The minimum atomic E-state index is -3.46. The largest absolute Gasteiger partial charge is 0.239 e. The molecule has 0 fully saturated rings. The Morgan fingerprint density at radius 1 is 1.00 bits per heavy atom. The number of rotatable bonds is 7. The van der Waals surface area contributed by atoms with Crippen molar-refractivity contribution < 1.29 is 8.42 Å². The van der Waals surface area contributed by atoms with Gasteiger partial charge in [0.1, 0.15) is 11.1 Å². The molecule has 0 spiro atoms. The van der Waals surface area contributed by atoms with E-state index in [9.17, 15) is 13.7 Å². The maximum atomic E-state index is 13.0. The highest BCUT2D eigenvalue weighted by atomic mass is 32.2. The van der Waals surface area contributed by atoms with E-state index in [1.807, 2.05) is 66.0 Å². The van der Waals surface area contributed by atoms with Crippen LogP contribution in [0.15, 0.2) is 88.1 Å². The Morgan fingerprint density at radius 3 is 2.31 bits per heavy atom. The number of benzene rings is 2. The fourth-order valence-corrected chi connectivity index (χ4v) is 7.00. The van der Waals surface area contributed by atoms with Crippen molar-refractivity contribution >= 4 is 32.9 Å². The van der Waals surface area contributed by atoms with E-state index in [1.165, 1.54) is 11.8 Å². The molecule has 0 unspecified atom stereocenters. The number of nitriles is 1. The van der Waals surface area contributed by atoms with Crippen LogP contribution in [0.3, 0.4) is 0 Å². The van der Waals surface area contributed by atoms with Crippen molar-refractivity contribution in [2.75, 3.05) is 11.5 Å². The molecule has 0 bridgehead atoms. The quantitative estimate of drug-likeness (QED) is 0.242. The van der Waals surface area contributed by atoms with Gasteiger partial charge in [0.2, 0.25) is 0 Å². The van der Waals surface area contributed by atoms with Crippen LogP contribution in [0, 0.1) is 11.3 Å². The molecule has 7 heteroatoms. The third kappa shape index (κ3) is 5.84. The van der Waals surface area contributed by atoms with Gasteiger partial charge in [-0.1, -0.05) is 69.3 Å². The third-order valence-corrected chi connectivity index (χ3v) is 9.49. The van der Waals surface area contributed by atoms with Gasteiger partial charge in [-0.15, -0.1) is 23.1 Å². The number of pyridine rings is 1. The second-order valence-electron chi connectivity index (χ2n) is 9.13. The monoisotopic (exact) mass is 518 g/mol. The average molecular weight is 519 g/mol. The summed E-state index contributed by atoms with van der Waals surface area (Å²) in [6.45, 7) is 6.29. The van der Waals surface area contributed by atoms with Crippen molar-refractivity contribution in [3.05, 3.63) is 89.3 Å². The lowest BCUT2D eigenvalue weighted by Gasteiger charge is -2.19. The molecule has 2 aromatic heterocycles. The van der Waals surface area contributed by atoms with Crippen LogP contribution < -0.4 is 0 Å². The summed E-state index contributed by atoms with van der Waals surface area (Å²) in [4.78, 5) is 6.08. The van der Waals surface area contributed by atoms with E-state index in [1.54, 1.807) is 23.5 Å². The first kappa shape index (κ1) is 25.2. The Hall–Kier alpha value is -2.92. The Bertz CT molecular complexity index is 1450. The number of sulfone groups is 1. The Labute approximate surface area is 215 Å². The second-order valence-corrected chi connectivity index (χ2v) is 13.3. The minimum Gasteiger partial charge on any atom is -0.239 e. The highest BCUT2D eigenvalue weighted by Gasteiger charge is 2.20. The van der Waals surface area contributed by atoms with Gasteiger partial charge >= 0.3 is 0 Å². The topological polar surface area (TPSA) is 70.8 Å². The summed E-state index contributed by atoms with van der Waals surface area (Å²) in [5.74, 6) is 0.260. The molecule has 2 heterocycles. The summed E-state index contributed by atoms with van der Waals surface area (Å²) in [6.07, 6.45) is 0. The fourth-order valence-electron chi connectivity index (χ4n) is 3.66. The van der Waals surface area contributed by atoms with Crippen molar-refractivity contribution in [2.24, 2.45) is 0 Å². The van der Waals surface area contributed by atoms with Crippen LogP contribution in [-0.4, -0.2) is 24.9 Å². The van der Waals surface area contributed by atoms with Crippen LogP contribution in [0.5, 0.6) is 0 Å². The lowest BCUT2D eigenvalue weighted by atomic mass is 9.87. The maximum Gasteiger partial charge on any atom is 0.179 e. The van der Waals surface area contributed by atoms with Crippen LogP contribution in [0.2, 0.25) is 0 Å². The summed E-state index contributed by atoms with van der Waals surface area (Å²) < 4.78 is 26.0. The third-order valence-electron chi connectivity index (χ3n) is 5.63. The van der Waals surface area contributed by atoms with E-state index >= 15 is 0 Å². The molecule has 4 aromatic rings. The number of hydrogen-bond donors (Lipinski definition) is 0. The van der Waals surface area contributed by atoms with Gasteiger partial charge in [0.25, 0.3) is 0 Å². The normalized spacial score (nSPS) is 11.8. The van der Waals surface area contributed by atoms with Crippen molar-refractivity contribution in [1.82, 2.24) is 4.98 Å². The first-order valence-corrected chi connectivity index (χ1v) is 14.7. The van der Waals surface area contributed by atoms with Gasteiger partial charge in [0.15, 0.2) is 9.84 Å². The highest BCUT2D eigenvalue weighted by molar-refractivity contribution is 8.00. The molecular formula is C28H26N2O2S3. The van der Waals surface area contributed by atoms with Gasteiger partial charge in [-0.05, 0) is 46.2 Å². The van der Waals surface area contributed by atoms with Crippen molar-refractivity contribution in [3.63, 3.8) is 0 Å². The number of thioether (sulfide) groups is 1. The van der Waals surface area contributed by atoms with E-state index in [0.717, 1.165) is 27.3 Å². The lowest BCUT2D eigenvalue weighted by Crippen LogP contribution is -2.13. The van der Waals surface area contributed by atoms with E-state index in [0.29, 0.717) is 21.2 Å². The maximum absolute atomic E-state index is 13.0. The molecule has 4 rings (SSSR count). The lowest BCUT2D eigenvalue weighted by molar-refractivity contribution is 0.586. The summed E-state index contributed by atoms with van der Waals surface area (Å²) in [6, 6.07) is 25.1. The predicted molar refractivity (Wildman–Crippen MR) is 146 cm³/mol. The molecule has 0 aliphatic heterocycles.